The van der Waals surface area contributed by atoms with Gasteiger partial charge >= 0.3 is 96.6 Å². The van der Waals surface area contributed by atoms with Gasteiger partial charge < -0.3 is 22.4 Å². The van der Waals surface area contributed by atoms with Crippen molar-refractivity contribution in [2.75, 3.05) is 0 Å². The van der Waals surface area contributed by atoms with Gasteiger partial charge in [-0.1, -0.05) is 0 Å². The molecule has 7 nitrogen and oxygen atoms in total. The molecule has 0 aromatic rings. The van der Waals surface area contributed by atoms with Crippen LogP contribution in [0.15, 0.2) is 0 Å². The molecule has 0 aliphatic rings. The fraction of sp³-hybridized carbons (Fsp3) is 0. The van der Waals surface area contributed by atoms with Crippen molar-refractivity contribution in [3.8, 4) is 0 Å². The summed E-state index contributed by atoms with van der Waals surface area (Å²) in [5, 5.41) is 0. The summed E-state index contributed by atoms with van der Waals surface area (Å²) in [4.78, 5) is 31.0. The molecule has 0 aromatic carbocycles. The SMILES string of the molecule is O=P(O)(O)OP(=O)(O)O.[H-].[H-].[K+].[Na+]. The smallest absolute Gasteiger partial charge is 1.00 e. The molecule has 0 unspecified atom stereocenters. The van der Waals surface area contributed by atoms with E-state index < -0.39 is 15.6 Å². The van der Waals surface area contributed by atoms with Crippen LogP contribution in [0, 0.1) is 0 Å². The van der Waals surface area contributed by atoms with E-state index in [0.717, 1.165) is 0 Å². The zero-order valence-corrected chi connectivity index (χ0v) is 12.8. The van der Waals surface area contributed by atoms with Gasteiger partial charge in [-0.3, -0.25) is 0 Å². The first kappa shape index (κ1) is 19.5. The van der Waals surface area contributed by atoms with Gasteiger partial charge in [0.25, 0.3) is 0 Å². The molecule has 0 atom stereocenters. The van der Waals surface area contributed by atoms with Crippen LogP contribution in [0.2, 0.25) is 0 Å². The molecule has 0 bridgehead atoms. The Morgan fingerprint density at radius 1 is 1.00 bits per heavy atom. The molecule has 0 spiro atoms. The van der Waals surface area contributed by atoms with E-state index in [1.807, 2.05) is 0 Å². The standard InChI is InChI=1S/K.Na.H4O7P2.2H/c;;1-8(2,3)7-9(4,5)6;;/h;;(H2,1,2,3)(H2,4,5,6);;/q2*+1;;2*-1. The number of hydrogen-bond acceptors (Lipinski definition) is 3. The zero-order chi connectivity index (χ0) is 7.71. The maximum atomic E-state index is 9.63. The van der Waals surface area contributed by atoms with Crippen LogP contribution in [0.3, 0.4) is 0 Å². The predicted molar refractivity (Wildman–Crippen MR) is 27.4 cm³/mol. The van der Waals surface area contributed by atoms with Crippen LogP contribution in [0.1, 0.15) is 2.85 Å². The molecular weight excluding hydrogens is 236 g/mol. The van der Waals surface area contributed by atoms with Crippen molar-refractivity contribution in [1.82, 2.24) is 0 Å². The molecule has 0 aliphatic carbocycles. The van der Waals surface area contributed by atoms with Crippen molar-refractivity contribution in [2.24, 2.45) is 0 Å². The van der Waals surface area contributed by atoms with Crippen LogP contribution in [-0.2, 0) is 13.4 Å². The molecule has 0 amide bonds. The second-order valence-corrected chi connectivity index (χ2v) is 3.68. The average Bonchev–Trinajstić information content (AvgIpc) is 1.14. The van der Waals surface area contributed by atoms with Gasteiger partial charge in [0, 0.05) is 0 Å². The van der Waals surface area contributed by atoms with Crippen LogP contribution < -0.4 is 80.9 Å². The van der Waals surface area contributed by atoms with E-state index in [0.29, 0.717) is 0 Å². The average molecular weight is 242 g/mol. The van der Waals surface area contributed by atoms with Crippen molar-refractivity contribution in [3.63, 3.8) is 0 Å². The van der Waals surface area contributed by atoms with E-state index in [1.54, 1.807) is 0 Å². The molecule has 0 saturated carbocycles. The zero-order valence-electron chi connectivity index (χ0n) is 7.91. The van der Waals surface area contributed by atoms with Gasteiger partial charge in [0.15, 0.2) is 0 Å². The molecule has 11 heteroatoms. The van der Waals surface area contributed by atoms with Crippen molar-refractivity contribution in [2.45, 2.75) is 0 Å². The third-order valence-corrected chi connectivity index (χ3v) is 1.91. The number of phosphoric acid groups is 2. The van der Waals surface area contributed by atoms with Crippen LogP contribution in [-0.4, -0.2) is 19.6 Å². The molecule has 0 aliphatic heterocycles. The fourth-order valence-electron chi connectivity index (χ4n) is 0.139. The Balaban J connectivity index is -0.0000000533. The van der Waals surface area contributed by atoms with E-state index in [9.17, 15) is 9.13 Å². The maximum Gasteiger partial charge on any atom is 1.00 e. The number of rotatable bonds is 2. The Kier molecular flexibility index (Phi) is 12.8. The molecule has 0 heterocycles. The topological polar surface area (TPSA) is 124 Å². The number of hydrogen-bond donors (Lipinski definition) is 4. The van der Waals surface area contributed by atoms with Crippen molar-refractivity contribution in [3.05, 3.63) is 0 Å². The quantitative estimate of drug-likeness (QED) is 0.280. The summed E-state index contributed by atoms with van der Waals surface area (Å²) >= 11 is 0. The molecule has 0 saturated heterocycles. The van der Waals surface area contributed by atoms with Gasteiger partial charge in [-0.15, -0.1) is 0 Å². The minimum absolute atomic E-state index is 0. The Morgan fingerprint density at radius 3 is 1.18 bits per heavy atom. The van der Waals surface area contributed by atoms with Crippen LogP contribution in [0.5, 0.6) is 0 Å². The van der Waals surface area contributed by atoms with Gasteiger partial charge in [-0.25, -0.2) is 9.13 Å². The first-order chi connectivity index (χ1) is 3.71. The van der Waals surface area contributed by atoms with Crippen molar-refractivity contribution in [1.29, 1.82) is 0 Å². The predicted octanol–water partition coefficient (Wildman–Crippen LogP) is -6.58. The Morgan fingerprint density at radius 2 is 1.18 bits per heavy atom. The summed E-state index contributed by atoms with van der Waals surface area (Å²) in [6, 6.07) is 0. The monoisotopic (exact) mass is 242 g/mol. The molecule has 0 aromatic heterocycles. The van der Waals surface area contributed by atoms with E-state index in [4.69, 9.17) is 19.6 Å². The maximum absolute atomic E-state index is 9.63. The summed E-state index contributed by atoms with van der Waals surface area (Å²) in [6.07, 6.45) is 0. The first-order valence-corrected chi connectivity index (χ1v) is 4.59. The second-order valence-electron chi connectivity index (χ2n) is 1.06. The molecule has 0 radical (unpaired) electrons. The summed E-state index contributed by atoms with van der Waals surface area (Å²) < 4.78 is 22.2. The van der Waals surface area contributed by atoms with Gasteiger partial charge in [-0.05, 0) is 0 Å². The summed E-state index contributed by atoms with van der Waals surface area (Å²) in [7, 11) is -10.1. The van der Waals surface area contributed by atoms with Crippen LogP contribution in [0.25, 0.3) is 0 Å². The van der Waals surface area contributed by atoms with Crippen LogP contribution in [0.4, 0.5) is 0 Å². The van der Waals surface area contributed by atoms with E-state index >= 15 is 0 Å². The molecule has 0 rings (SSSR count). The molecule has 60 valence electrons. The largest absolute Gasteiger partial charge is 1.00 e. The van der Waals surface area contributed by atoms with E-state index in [1.165, 1.54) is 0 Å². The normalized spacial score (nSPS) is 11.3. The van der Waals surface area contributed by atoms with Gasteiger partial charge in [0.05, 0.1) is 0 Å². The van der Waals surface area contributed by atoms with Gasteiger partial charge in [0.1, 0.15) is 0 Å². The molecular formula is H6KNaO7P2. The third-order valence-electron chi connectivity index (χ3n) is 0.213. The molecule has 4 N–H and O–H groups in total. The fourth-order valence-corrected chi connectivity index (χ4v) is 1.25. The Hall–Kier alpha value is 2.90. The van der Waals surface area contributed by atoms with E-state index in [-0.39, 0.29) is 83.8 Å². The molecule has 11 heavy (non-hydrogen) atoms. The Labute approximate surface area is 130 Å². The van der Waals surface area contributed by atoms with Crippen molar-refractivity contribution < 1.29 is 117 Å². The second kappa shape index (κ2) is 7.22. The minimum Gasteiger partial charge on any atom is -1.00 e. The molecule has 0 fully saturated rings. The van der Waals surface area contributed by atoms with E-state index in [2.05, 4.69) is 4.31 Å². The third kappa shape index (κ3) is 19.3. The van der Waals surface area contributed by atoms with Crippen LogP contribution >= 0.6 is 15.6 Å². The van der Waals surface area contributed by atoms with Crippen molar-refractivity contribution >= 4 is 15.6 Å². The minimum atomic E-state index is -5.05. The first-order valence-electron chi connectivity index (χ1n) is 1.53. The Bertz CT molecular complexity index is 165. The summed E-state index contributed by atoms with van der Waals surface area (Å²) in [5.74, 6) is 0. The van der Waals surface area contributed by atoms with Gasteiger partial charge in [-0.2, -0.15) is 4.31 Å². The van der Waals surface area contributed by atoms with Gasteiger partial charge in [0.2, 0.25) is 0 Å². The summed E-state index contributed by atoms with van der Waals surface area (Å²) in [6.45, 7) is 0. The summed E-state index contributed by atoms with van der Waals surface area (Å²) in [5.41, 5.74) is 0.